The highest BCUT2D eigenvalue weighted by Crippen LogP contribution is 2.30. The van der Waals surface area contributed by atoms with Gasteiger partial charge >= 0.3 is 0 Å². The van der Waals surface area contributed by atoms with Crippen LogP contribution in [-0.2, 0) is 6.42 Å². The van der Waals surface area contributed by atoms with E-state index in [4.69, 9.17) is 17.3 Å². The zero-order valence-corrected chi connectivity index (χ0v) is 12.0. The fourth-order valence-electron chi connectivity index (χ4n) is 2.36. The van der Waals surface area contributed by atoms with E-state index < -0.39 is 6.10 Å². The zero-order valence-electron chi connectivity index (χ0n) is 11.2. The quantitative estimate of drug-likeness (QED) is 0.779. The first-order chi connectivity index (χ1) is 10.2. The molecule has 0 radical (unpaired) electrons. The molecule has 1 atom stereocenters. The predicted molar refractivity (Wildman–Crippen MR) is 84.1 cm³/mol. The maximum absolute atomic E-state index is 10.5. The van der Waals surface area contributed by atoms with Crippen molar-refractivity contribution in [3.05, 3.63) is 65.1 Å². The number of anilines is 1. The Balaban J connectivity index is 2.01. The monoisotopic (exact) mass is 299 g/mol. The maximum Gasteiger partial charge on any atom is 0.0852 e. The van der Waals surface area contributed by atoms with Gasteiger partial charge in [-0.25, -0.2) is 0 Å². The van der Waals surface area contributed by atoms with Gasteiger partial charge < -0.3 is 10.8 Å². The van der Waals surface area contributed by atoms with E-state index in [-0.39, 0.29) is 0 Å². The van der Waals surface area contributed by atoms with Crippen LogP contribution in [0.15, 0.2) is 48.9 Å². The number of fused-ring (bicyclic) bond motifs is 1. The number of aliphatic hydroxyl groups is 1. The molecule has 0 fully saturated rings. The number of nitrogens with zero attached hydrogens (tertiary/aromatic N) is 2. The molecule has 3 aromatic rings. The number of benzene rings is 1. The molecule has 3 rings (SSSR count). The second kappa shape index (κ2) is 5.68. The molecule has 0 saturated heterocycles. The molecule has 2 aromatic heterocycles. The highest BCUT2D eigenvalue weighted by Gasteiger charge is 2.15. The second-order valence-corrected chi connectivity index (χ2v) is 5.24. The molecule has 0 amide bonds. The van der Waals surface area contributed by atoms with Gasteiger partial charge in [0.05, 0.1) is 11.6 Å². The number of nitrogens with two attached hydrogens (primary N) is 1. The van der Waals surface area contributed by atoms with E-state index in [2.05, 4.69) is 9.97 Å². The minimum atomic E-state index is -0.717. The van der Waals surface area contributed by atoms with Gasteiger partial charge in [0.15, 0.2) is 0 Å². The van der Waals surface area contributed by atoms with E-state index in [0.29, 0.717) is 22.6 Å². The van der Waals surface area contributed by atoms with Gasteiger partial charge in [0.2, 0.25) is 0 Å². The Labute approximate surface area is 127 Å². The summed E-state index contributed by atoms with van der Waals surface area (Å²) in [7, 11) is 0. The van der Waals surface area contributed by atoms with E-state index in [1.807, 2.05) is 12.1 Å². The normalized spacial score (nSPS) is 12.5. The Bertz CT molecular complexity index is 791. The molecule has 2 heterocycles. The van der Waals surface area contributed by atoms with Crippen LogP contribution < -0.4 is 5.73 Å². The molecule has 0 aliphatic carbocycles. The van der Waals surface area contributed by atoms with Crippen molar-refractivity contribution in [3.63, 3.8) is 0 Å². The van der Waals surface area contributed by atoms with Crippen molar-refractivity contribution in [2.24, 2.45) is 0 Å². The van der Waals surface area contributed by atoms with E-state index in [1.54, 1.807) is 36.8 Å². The predicted octanol–water partition coefficient (Wildman–Crippen LogP) is 3.14. The first kappa shape index (κ1) is 13.8. The average Bonchev–Trinajstić information content (AvgIpc) is 2.50. The molecule has 0 bridgehead atoms. The van der Waals surface area contributed by atoms with Crippen molar-refractivity contribution in [2.45, 2.75) is 12.5 Å². The lowest BCUT2D eigenvalue weighted by molar-refractivity contribution is 0.180. The van der Waals surface area contributed by atoms with Crippen LogP contribution in [0.5, 0.6) is 0 Å². The molecule has 0 saturated carbocycles. The molecule has 1 aromatic carbocycles. The first-order valence-electron chi connectivity index (χ1n) is 6.56. The molecule has 21 heavy (non-hydrogen) atoms. The number of rotatable bonds is 3. The van der Waals surface area contributed by atoms with Crippen LogP contribution in [0.2, 0.25) is 5.02 Å². The van der Waals surface area contributed by atoms with Crippen molar-refractivity contribution in [1.29, 1.82) is 0 Å². The van der Waals surface area contributed by atoms with Gasteiger partial charge in [0.1, 0.15) is 0 Å². The molecule has 5 heteroatoms. The number of hydrogen-bond acceptors (Lipinski definition) is 4. The molecule has 3 N–H and O–H groups in total. The first-order valence-corrected chi connectivity index (χ1v) is 6.94. The topological polar surface area (TPSA) is 72.0 Å². The van der Waals surface area contributed by atoms with Crippen molar-refractivity contribution in [3.8, 4) is 0 Å². The summed E-state index contributed by atoms with van der Waals surface area (Å²) in [5.41, 5.74) is 8.77. The van der Waals surface area contributed by atoms with Crippen molar-refractivity contribution >= 4 is 28.2 Å². The molecule has 0 aliphatic rings. The van der Waals surface area contributed by atoms with Crippen LogP contribution in [0.1, 0.15) is 17.2 Å². The summed E-state index contributed by atoms with van der Waals surface area (Å²) >= 11 is 6.17. The van der Waals surface area contributed by atoms with Gasteiger partial charge in [-0.05, 0) is 29.8 Å². The Hall–Kier alpha value is -2.17. The van der Waals surface area contributed by atoms with Gasteiger partial charge in [-0.15, -0.1) is 0 Å². The number of pyridine rings is 2. The van der Waals surface area contributed by atoms with Crippen LogP contribution in [0.4, 0.5) is 5.69 Å². The van der Waals surface area contributed by atoms with Crippen LogP contribution in [-0.4, -0.2) is 15.1 Å². The number of aliphatic hydroxyl groups excluding tert-OH is 1. The lowest BCUT2D eigenvalue weighted by Gasteiger charge is -2.14. The summed E-state index contributed by atoms with van der Waals surface area (Å²) in [6.07, 6.45) is 4.65. The molecule has 1 unspecified atom stereocenters. The second-order valence-electron chi connectivity index (χ2n) is 4.83. The van der Waals surface area contributed by atoms with E-state index in [1.165, 1.54) is 0 Å². The minimum Gasteiger partial charge on any atom is -0.398 e. The molecule has 106 valence electrons. The fourth-order valence-corrected chi connectivity index (χ4v) is 2.57. The minimum absolute atomic E-state index is 0.382. The number of nitrogen functional groups attached to an aromatic ring is 1. The highest BCUT2D eigenvalue weighted by molar-refractivity contribution is 6.35. The third kappa shape index (κ3) is 2.68. The third-order valence-corrected chi connectivity index (χ3v) is 3.79. The fraction of sp³-hybridized carbons (Fsp3) is 0.125. The van der Waals surface area contributed by atoms with Crippen molar-refractivity contribution < 1.29 is 5.11 Å². The Morgan fingerprint density at radius 1 is 1.19 bits per heavy atom. The summed E-state index contributed by atoms with van der Waals surface area (Å²) in [5.74, 6) is 0. The smallest absolute Gasteiger partial charge is 0.0852 e. The highest BCUT2D eigenvalue weighted by atomic mass is 35.5. The lowest BCUT2D eigenvalue weighted by atomic mass is 9.99. The Morgan fingerprint density at radius 3 is 2.86 bits per heavy atom. The van der Waals surface area contributed by atoms with Crippen LogP contribution in [0.3, 0.4) is 0 Å². The lowest BCUT2D eigenvalue weighted by Crippen LogP contribution is -2.06. The van der Waals surface area contributed by atoms with Crippen LogP contribution in [0.25, 0.3) is 10.9 Å². The summed E-state index contributed by atoms with van der Waals surface area (Å²) in [6, 6.07) is 9.01. The summed E-state index contributed by atoms with van der Waals surface area (Å²) in [6.45, 7) is 0. The van der Waals surface area contributed by atoms with E-state index in [9.17, 15) is 5.11 Å². The van der Waals surface area contributed by atoms with Crippen LogP contribution >= 0.6 is 11.6 Å². The average molecular weight is 300 g/mol. The largest absolute Gasteiger partial charge is 0.398 e. The molecule has 4 nitrogen and oxygen atoms in total. The maximum atomic E-state index is 10.5. The molecule has 0 spiro atoms. The standard InChI is InChI=1S/C16H14ClN3O/c17-13-4-3-12(16-11(13)2-1-6-20-16)15(21)8-10-9-19-7-5-14(10)18/h1-7,9,15,21H,8H2,(H2,18,19). The summed E-state index contributed by atoms with van der Waals surface area (Å²) < 4.78 is 0. The van der Waals surface area contributed by atoms with Crippen molar-refractivity contribution in [2.75, 3.05) is 5.73 Å². The SMILES string of the molecule is Nc1ccncc1CC(O)c1ccc(Cl)c2cccnc12. The zero-order chi connectivity index (χ0) is 14.8. The number of halogens is 1. The van der Waals surface area contributed by atoms with Gasteiger partial charge in [-0.1, -0.05) is 17.7 Å². The van der Waals surface area contributed by atoms with Crippen molar-refractivity contribution in [1.82, 2.24) is 9.97 Å². The Morgan fingerprint density at radius 2 is 2.05 bits per heavy atom. The summed E-state index contributed by atoms with van der Waals surface area (Å²) in [5, 5.41) is 12.0. The van der Waals surface area contributed by atoms with E-state index >= 15 is 0 Å². The van der Waals surface area contributed by atoms with Gasteiger partial charge in [-0.2, -0.15) is 0 Å². The van der Waals surface area contributed by atoms with Crippen LogP contribution in [0, 0.1) is 0 Å². The number of hydrogen-bond donors (Lipinski definition) is 2. The van der Waals surface area contributed by atoms with Gasteiger partial charge in [0, 0.05) is 46.7 Å². The molecular weight excluding hydrogens is 286 g/mol. The molecule has 0 aliphatic heterocycles. The van der Waals surface area contributed by atoms with Gasteiger partial charge in [0.25, 0.3) is 0 Å². The Kier molecular flexibility index (Phi) is 3.73. The molecular formula is C16H14ClN3O. The third-order valence-electron chi connectivity index (χ3n) is 3.46. The van der Waals surface area contributed by atoms with E-state index in [0.717, 1.165) is 16.5 Å². The van der Waals surface area contributed by atoms with Gasteiger partial charge in [-0.3, -0.25) is 9.97 Å². The number of aromatic nitrogens is 2. The summed E-state index contributed by atoms with van der Waals surface area (Å²) in [4.78, 5) is 8.38.